The number of nitrogens with zero attached hydrogens (tertiary/aromatic N) is 2. The van der Waals surface area contributed by atoms with Gasteiger partial charge in [0.2, 0.25) is 11.8 Å². The van der Waals surface area contributed by atoms with Gasteiger partial charge in [-0.2, -0.15) is 18.2 Å². The minimum atomic E-state index is -4.21. The summed E-state index contributed by atoms with van der Waals surface area (Å²) in [5.41, 5.74) is 0.386. The first-order valence-electron chi connectivity index (χ1n) is 10.1. The van der Waals surface area contributed by atoms with Gasteiger partial charge in [-0.15, -0.1) is 12.4 Å². The number of carbonyl (C=O) groups excluding carboxylic acids is 1. The average Bonchev–Trinajstić information content (AvgIpc) is 3.23. The van der Waals surface area contributed by atoms with Gasteiger partial charge in [0, 0.05) is 12.6 Å². The summed E-state index contributed by atoms with van der Waals surface area (Å²) < 4.78 is 63.8. The quantitative estimate of drug-likeness (QED) is 0.641. The number of alkyl halides is 3. The van der Waals surface area contributed by atoms with Crippen molar-refractivity contribution in [3.05, 3.63) is 17.4 Å². The largest absolute Gasteiger partial charge is 0.481 e. The second-order valence-electron chi connectivity index (χ2n) is 7.92. The van der Waals surface area contributed by atoms with Crippen molar-refractivity contribution < 1.29 is 31.8 Å². The maximum atomic E-state index is 14.6. The zero-order valence-corrected chi connectivity index (χ0v) is 18.3. The molecule has 176 valence electrons. The van der Waals surface area contributed by atoms with E-state index in [-0.39, 0.29) is 68.3 Å². The number of methoxy groups -OCH3 is 1. The number of ether oxygens (including phenoxy) is 2. The van der Waals surface area contributed by atoms with E-state index in [0.717, 1.165) is 19.4 Å². The number of hydrogen-bond donors (Lipinski definition) is 1. The Labute approximate surface area is 185 Å². The zero-order chi connectivity index (χ0) is 21.9. The van der Waals surface area contributed by atoms with Crippen LogP contribution in [0.3, 0.4) is 0 Å². The Bertz CT molecular complexity index is 752. The third-order valence-corrected chi connectivity index (χ3v) is 5.73. The molecule has 1 aromatic rings. The van der Waals surface area contributed by atoms with Crippen molar-refractivity contribution in [2.24, 2.45) is 5.92 Å². The van der Waals surface area contributed by atoms with E-state index in [1.807, 2.05) is 0 Å². The third kappa shape index (κ3) is 6.35. The molecule has 2 aliphatic rings. The molecule has 1 saturated carbocycles. The number of nitrogens with one attached hydrogen (secondary N) is 1. The average molecular weight is 470 g/mol. The first-order valence-corrected chi connectivity index (χ1v) is 10.1. The lowest BCUT2D eigenvalue weighted by molar-refractivity contribution is -0.185. The highest BCUT2D eigenvalue weighted by Crippen LogP contribution is 2.38. The molecule has 0 bridgehead atoms. The van der Waals surface area contributed by atoms with E-state index in [1.54, 1.807) is 7.05 Å². The van der Waals surface area contributed by atoms with Crippen LogP contribution in [0.1, 0.15) is 44.1 Å². The number of halogens is 5. The summed E-state index contributed by atoms with van der Waals surface area (Å²) in [6.45, 7) is 0.905. The van der Waals surface area contributed by atoms with Crippen LogP contribution in [0.25, 0.3) is 0 Å². The molecular formula is C20H28ClF4N3O3. The minimum absolute atomic E-state index is 0. The van der Waals surface area contributed by atoms with Gasteiger partial charge in [0.05, 0.1) is 25.6 Å². The molecule has 1 saturated heterocycles. The topological polar surface area (TPSA) is 63.7 Å². The van der Waals surface area contributed by atoms with Gasteiger partial charge in [0.1, 0.15) is 6.10 Å². The second-order valence-corrected chi connectivity index (χ2v) is 7.92. The molecule has 2 heterocycles. The maximum absolute atomic E-state index is 14.6. The molecule has 1 aromatic heterocycles. The Balaban J connectivity index is 0.00000341. The van der Waals surface area contributed by atoms with E-state index in [9.17, 15) is 22.4 Å². The van der Waals surface area contributed by atoms with E-state index >= 15 is 0 Å². The summed E-state index contributed by atoms with van der Waals surface area (Å²) in [5.74, 6) is -2.33. The first-order chi connectivity index (χ1) is 14.2. The summed E-state index contributed by atoms with van der Waals surface area (Å²) in [4.78, 5) is 18.0. The van der Waals surface area contributed by atoms with Gasteiger partial charge in [0.25, 0.3) is 5.88 Å². The number of hydrogen-bond acceptors (Lipinski definition) is 5. The van der Waals surface area contributed by atoms with E-state index < -0.39 is 24.0 Å². The number of carbonyl (C=O) groups is 1. The molecule has 1 aliphatic heterocycles. The van der Waals surface area contributed by atoms with E-state index in [0.29, 0.717) is 5.56 Å². The molecule has 1 N–H and O–H groups in total. The highest BCUT2D eigenvalue weighted by Gasteiger charge is 2.42. The van der Waals surface area contributed by atoms with Crippen LogP contribution in [-0.2, 0) is 11.3 Å². The Morgan fingerprint density at radius 1 is 1.23 bits per heavy atom. The van der Waals surface area contributed by atoms with Gasteiger partial charge >= 0.3 is 6.18 Å². The number of rotatable bonds is 6. The fraction of sp³-hybridized carbons (Fsp3) is 0.700. The van der Waals surface area contributed by atoms with Gasteiger partial charge in [0.15, 0.2) is 5.82 Å². The molecule has 6 nitrogen and oxygen atoms in total. The van der Waals surface area contributed by atoms with Crippen LogP contribution in [-0.4, -0.2) is 54.8 Å². The molecule has 1 amide bonds. The standard InChI is InChI=1S/C20H27F4N3O3.ClH/c1-27(19(28)16-4-3-9-25-16)11-12-10-15(21)18(26-17(12)29-2)30-14-7-5-13(6-8-14)20(22,23)24;/h10,13-14,16,25H,3-9,11H2,1-2H3;1H/t13-,14-,16-;/m0./s1. The Morgan fingerprint density at radius 2 is 1.90 bits per heavy atom. The number of likely N-dealkylation sites (N-methyl/N-ethyl adjacent to an activating group) is 1. The molecule has 11 heteroatoms. The van der Waals surface area contributed by atoms with Crippen molar-refractivity contribution in [2.75, 3.05) is 20.7 Å². The second kappa shape index (κ2) is 10.7. The molecule has 0 aromatic carbocycles. The lowest BCUT2D eigenvalue weighted by atomic mass is 9.87. The molecule has 1 aliphatic carbocycles. The smallest absolute Gasteiger partial charge is 0.391 e. The van der Waals surface area contributed by atoms with Gasteiger partial charge in [-0.25, -0.2) is 4.39 Å². The Kier molecular flexibility index (Phi) is 8.76. The maximum Gasteiger partial charge on any atom is 0.391 e. The van der Waals surface area contributed by atoms with E-state index in [4.69, 9.17) is 9.47 Å². The van der Waals surface area contributed by atoms with Crippen molar-refractivity contribution in [1.82, 2.24) is 15.2 Å². The summed E-state index contributed by atoms with van der Waals surface area (Å²) in [6, 6.07) is 0.960. The molecular weight excluding hydrogens is 442 g/mol. The van der Waals surface area contributed by atoms with Crippen LogP contribution in [0.4, 0.5) is 17.6 Å². The van der Waals surface area contributed by atoms with Crippen LogP contribution in [0, 0.1) is 11.7 Å². The van der Waals surface area contributed by atoms with Crippen molar-refractivity contribution in [3.63, 3.8) is 0 Å². The molecule has 0 unspecified atom stereocenters. The van der Waals surface area contributed by atoms with Crippen LogP contribution in [0.15, 0.2) is 6.07 Å². The van der Waals surface area contributed by atoms with Gasteiger partial charge in [-0.05, 0) is 51.1 Å². The fourth-order valence-corrected chi connectivity index (χ4v) is 4.03. The normalized spacial score (nSPS) is 23.7. The predicted octanol–water partition coefficient (Wildman–Crippen LogP) is 3.86. The monoisotopic (exact) mass is 469 g/mol. The summed E-state index contributed by atoms with van der Waals surface area (Å²) in [5, 5.41) is 3.13. The van der Waals surface area contributed by atoms with E-state index in [2.05, 4.69) is 10.3 Å². The summed E-state index contributed by atoms with van der Waals surface area (Å²) in [7, 11) is 3.01. The van der Waals surface area contributed by atoms with Crippen molar-refractivity contribution in [3.8, 4) is 11.8 Å². The first kappa shape index (κ1) is 25.5. The number of aromatic nitrogens is 1. The van der Waals surface area contributed by atoms with Crippen molar-refractivity contribution in [1.29, 1.82) is 0 Å². The fourth-order valence-electron chi connectivity index (χ4n) is 4.03. The van der Waals surface area contributed by atoms with Crippen LogP contribution >= 0.6 is 12.4 Å². The lowest BCUT2D eigenvalue weighted by Crippen LogP contribution is -2.41. The Morgan fingerprint density at radius 3 is 2.45 bits per heavy atom. The number of amides is 1. The summed E-state index contributed by atoms with van der Waals surface area (Å²) >= 11 is 0. The van der Waals surface area contributed by atoms with Crippen LogP contribution < -0.4 is 14.8 Å². The van der Waals surface area contributed by atoms with Crippen LogP contribution in [0.5, 0.6) is 11.8 Å². The molecule has 1 atom stereocenters. The van der Waals surface area contributed by atoms with Gasteiger partial charge in [-0.3, -0.25) is 4.79 Å². The lowest BCUT2D eigenvalue weighted by Gasteiger charge is -2.30. The number of pyridine rings is 1. The van der Waals surface area contributed by atoms with Gasteiger partial charge < -0.3 is 19.7 Å². The SMILES string of the molecule is COc1nc(O[C@H]2CC[C@H](C(F)(F)F)CC2)c(F)cc1CN(C)C(=O)[C@@H]1CCCN1.Cl. The molecule has 0 radical (unpaired) electrons. The molecule has 0 spiro atoms. The van der Waals surface area contributed by atoms with Crippen molar-refractivity contribution in [2.45, 2.75) is 63.4 Å². The highest BCUT2D eigenvalue weighted by atomic mass is 35.5. The predicted molar refractivity (Wildman–Crippen MR) is 108 cm³/mol. The summed E-state index contributed by atoms with van der Waals surface area (Å²) in [6.07, 6.45) is -2.78. The van der Waals surface area contributed by atoms with Crippen LogP contribution in [0.2, 0.25) is 0 Å². The molecule has 2 fully saturated rings. The molecule has 31 heavy (non-hydrogen) atoms. The van der Waals surface area contributed by atoms with Crippen molar-refractivity contribution >= 4 is 18.3 Å². The molecule has 3 rings (SSSR count). The third-order valence-electron chi connectivity index (χ3n) is 5.73. The zero-order valence-electron chi connectivity index (χ0n) is 17.5. The highest BCUT2D eigenvalue weighted by molar-refractivity contribution is 5.85. The van der Waals surface area contributed by atoms with Gasteiger partial charge in [-0.1, -0.05) is 0 Å². The Hall–Kier alpha value is -1.81. The minimum Gasteiger partial charge on any atom is -0.481 e. The van der Waals surface area contributed by atoms with E-state index in [1.165, 1.54) is 18.1 Å².